The second kappa shape index (κ2) is 5.79. The molecule has 16 heavy (non-hydrogen) atoms. The smallest absolute Gasteiger partial charge is 0.128 e. The van der Waals surface area contributed by atoms with Crippen LogP contribution in [0, 0.1) is 6.92 Å². The molecule has 90 valence electrons. The van der Waals surface area contributed by atoms with Gasteiger partial charge in [0, 0.05) is 18.9 Å². The van der Waals surface area contributed by atoms with E-state index in [1.165, 1.54) is 0 Å². The van der Waals surface area contributed by atoms with Crippen LogP contribution in [0.4, 0.5) is 5.82 Å². The second-order valence-electron chi connectivity index (χ2n) is 3.75. The van der Waals surface area contributed by atoms with E-state index in [-0.39, 0.29) is 12.1 Å². The van der Waals surface area contributed by atoms with Gasteiger partial charge in [0.25, 0.3) is 0 Å². The first kappa shape index (κ1) is 12.9. The maximum Gasteiger partial charge on any atom is 0.128 e. The number of hydrogen-bond donors (Lipinski definition) is 3. The Bertz CT molecular complexity index is 319. The summed E-state index contributed by atoms with van der Waals surface area (Å²) in [6, 6.07) is 1.78. The van der Waals surface area contributed by atoms with E-state index in [0.717, 1.165) is 17.5 Å². The monoisotopic (exact) mass is 224 g/mol. The van der Waals surface area contributed by atoms with Crippen LogP contribution in [0.5, 0.6) is 0 Å². The van der Waals surface area contributed by atoms with Crippen molar-refractivity contribution in [1.82, 2.24) is 10.4 Å². The van der Waals surface area contributed by atoms with Gasteiger partial charge in [-0.05, 0) is 25.0 Å². The maximum absolute atomic E-state index is 5.88. The molecule has 2 unspecified atom stereocenters. The SMILES string of the molecule is CCC(OC)C(NN)c1c(C)ccnc1N. The predicted octanol–water partition coefficient (Wildman–Crippen LogP) is 0.902. The van der Waals surface area contributed by atoms with E-state index in [1.807, 2.05) is 19.9 Å². The lowest BCUT2D eigenvalue weighted by molar-refractivity contribution is 0.0650. The maximum atomic E-state index is 5.88. The second-order valence-corrected chi connectivity index (χ2v) is 3.75. The van der Waals surface area contributed by atoms with Crippen molar-refractivity contribution in [1.29, 1.82) is 0 Å². The summed E-state index contributed by atoms with van der Waals surface area (Å²) in [6.45, 7) is 4.03. The molecule has 0 bridgehead atoms. The third-order valence-electron chi connectivity index (χ3n) is 2.81. The zero-order valence-electron chi connectivity index (χ0n) is 10.0. The minimum Gasteiger partial charge on any atom is -0.383 e. The number of nitrogens with zero attached hydrogens (tertiary/aromatic N) is 1. The Morgan fingerprint density at radius 3 is 2.69 bits per heavy atom. The number of pyridine rings is 1. The molecule has 1 heterocycles. The van der Waals surface area contributed by atoms with Gasteiger partial charge in [-0.15, -0.1) is 0 Å². The van der Waals surface area contributed by atoms with Gasteiger partial charge in [0.05, 0.1) is 12.1 Å². The quantitative estimate of drug-likeness (QED) is 0.511. The fraction of sp³-hybridized carbons (Fsp3) is 0.545. The first-order chi connectivity index (χ1) is 7.65. The number of ether oxygens (including phenoxy) is 1. The molecular formula is C11H20N4O. The number of hydrazine groups is 1. The van der Waals surface area contributed by atoms with E-state index >= 15 is 0 Å². The summed E-state index contributed by atoms with van der Waals surface area (Å²) in [7, 11) is 1.67. The molecule has 0 aromatic carbocycles. The van der Waals surface area contributed by atoms with Crippen molar-refractivity contribution in [3.05, 3.63) is 23.4 Å². The molecule has 5 N–H and O–H groups in total. The molecule has 5 heteroatoms. The highest BCUT2D eigenvalue weighted by Crippen LogP contribution is 2.27. The zero-order chi connectivity index (χ0) is 12.1. The van der Waals surface area contributed by atoms with Crippen LogP contribution in [0.25, 0.3) is 0 Å². The zero-order valence-corrected chi connectivity index (χ0v) is 10.0. The summed E-state index contributed by atoms with van der Waals surface area (Å²) < 4.78 is 5.39. The van der Waals surface area contributed by atoms with Gasteiger partial charge in [-0.1, -0.05) is 6.92 Å². The average molecular weight is 224 g/mol. The summed E-state index contributed by atoms with van der Waals surface area (Å²) in [6.07, 6.45) is 2.52. The predicted molar refractivity (Wildman–Crippen MR) is 64.5 cm³/mol. The number of rotatable bonds is 5. The fourth-order valence-electron chi connectivity index (χ4n) is 1.91. The van der Waals surface area contributed by atoms with E-state index in [1.54, 1.807) is 13.3 Å². The first-order valence-electron chi connectivity index (χ1n) is 5.35. The van der Waals surface area contributed by atoms with Gasteiger partial charge < -0.3 is 10.5 Å². The van der Waals surface area contributed by atoms with Gasteiger partial charge in [-0.2, -0.15) is 0 Å². The van der Waals surface area contributed by atoms with Crippen LogP contribution in [-0.2, 0) is 4.74 Å². The number of aryl methyl sites for hydroxylation is 1. The number of anilines is 1. The highest BCUT2D eigenvalue weighted by Gasteiger charge is 2.24. The Morgan fingerprint density at radius 2 is 2.25 bits per heavy atom. The molecule has 5 nitrogen and oxygen atoms in total. The van der Waals surface area contributed by atoms with Crippen molar-refractivity contribution in [3.63, 3.8) is 0 Å². The van der Waals surface area contributed by atoms with Crippen molar-refractivity contribution >= 4 is 5.82 Å². The molecule has 1 rings (SSSR count). The van der Waals surface area contributed by atoms with E-state index in [9.17, 15) is 0 Å². The normalized spacial score (nSPS) is 14.8. The van der Waals surface area contributed by atoms with E-state index in [4.69, 9.17) is 16.3 Å². The molecule has 0 fully saturated rings. The molecule has 0 saturated heterocycles. The highest BCUT2D eigenvalue weighted by molar-refractivity contribution is 5.46. The number of nitrogen functional groups attached to an aromatic ring is 1. The minimum atomic E-state index is -0.135. The van der Waals surface area contributed by atoms with Crippen molar-refractivity contribution in [2.24, 2.45) is 5.84 Å². The van der Waals surface area contributed by atoms with E-state index < -0.39 is 0 Å². The molecule has 0 radical (unpaired) electrons. The summed E-state index contributed by atoms with van der Waals surface area (Å²) in [5, 5.41) is 0. The van der Waals surface area contributed by atoms with Crippen LogP contribution in [0.2, 0.25) is 0 Å². The Labute approximate surface area is 96.2 Å². The van der Waals surface area contributed by atoms with E-state index in [0.29, 0.717) is 5.82 Å². The Balaban J connectivity index is 3.12. The van der Waals surface area contributed by atoms with Gasteiger partial charge >= 0.3 is 0 Å². The lowest BCUT2D eigenvalue weighted by Crippen LogP contribution is -2.38. The third kappa shape index (κ3) is 2.49. The van der Waals surface area contributed by atoms with Gasteiger partial charge in [-0.3, -0.25) is 11.3 Å². The van der Waals surface area contributed by atoms with E-state index in [2.05, 4.69) is 10.4 Å². The number of nitrogens with two attached hydrogens (primary N) is 2. The summed E-state index contributed by atoms with van der Waals surface area (Å²) in [4.78, 5) is 4.09. The van der Waals surface area contributed by atoms with Crippen LogP contribution in [0.1, 0.15) is 30.5 Å². The third-order valence-corrected chi connectivity index (χ3v) is 2.81. The lowest BCUT2D eigenvalue weighted by Gasteiger charge is -2.26. The average Bonchev–Trinajstić information content (AvgIpc) is 2.28. The molecule has 0 saturated carbocycles. The Hall–Kier alpha value is -1.17. The largest absolute Gasteiger partial charge is 0.383 e. The molecule has 1 aromatic rings. The highest BCUT2D eigenvalue weighted by atomic mass is 16.5. The van der Waals surface area contributed by atoms with Crippen LogP contribution < -0.4 is 17.0 Å². The first-order valence-corrected chi connectivity index (χ1v) is 5.35. The lowest BCUT2D eigenvalue weighted by atomic mass is 9.97. The molecule has 0 aliphatic heterocycles. The van der Waals surface area contributed by atoms with Crippen molar-refractivity contribution in [3.8, 4) is 0 Å². The van der Waals surface area contributed by atoms with Crippen LogP contribution in [0.15, 0.2) is 12.3 Å². The topological polar surface area (TPSA) is 86.2 Å². The van der Waals surface area contributed by atoms with Gasteiger partial charge in [0.2, 0.25) is 0 Å². The standard InChI is InChI=1S/C11H20N4O/c1-4-8(16-3)10(15-13)9-7(2)5-6-14-11(9)12/h5-6,8,10,15H,4,13H2,1-3H3,(H2,12,14). The minimum absolute atomic E-state index is 0.0183. The van der Waals surface area contributed by atoms with Crippen molar-refractivity contribution < 1.29 is 4.74 Å². The molecule has 0 aliphatic carbocycles. The van der Waals surface area contributed by atoms with Crippen LogP contribution >= 0.6 is 0 Å². The summed E-state index contributed by atoms with van der Waals surface area (Å²) in [5.41, 5.74) is 10.6. The molecule has 0 aliphatic rings. The molecular weight excluding hydrogens is 204 g/mol. The molecule has 2 atom stereocenters. The van der Waals surface area contributed by atoms with Crippen LogP contribution in [0.3, 0.4) is 0 Å². The number of methoxy groups -OCH3 is 1. The molecule has 0 spiro atoms. The molecule has 1 aromatic heterocycles. The Kier molecular flexibility index (Phi) is 4.67. The number of aromatic nitrogens is 1. The van der Waals surface area contributed by atoms with Gasteiger partial charge in [-0.25, -0.2) is 4.98 Å². The van der Waals surface area contributed by atoms with Crippen LogP contribution in [-0.4, -0.2) is 18.2 Å². The fourth-order valence-corrected chi connectivity index (χ4v) is 1.91. The van der Waals surface area contributed by atoms with Crippen molar-refractivity contribution in [2.75, 3.05) is 12.8 Å². The summed E-state index contributed by atoms with van der Waals surface area (Å²) in [5.74, 6) is 6.08. The summed E-state index contributed by atoms with van der Waals surface area (Å²) >= 11 is 0. The number of hydrogen-bond acceptors (Lipinski definition) is 5. The van der Waals surface area contributed by atoms with Gasteiger partial charge in [0.1, 0.15) is 5.82 Å². The Morgan fingerprint density at radius 1 is 1.56 bits per heavy atom. The van der Waals surface area contributed by atoms with Crippen molar-refractivity contribution in [2.45, 2.75) is 32.4 Å². The number of nitrogens with one attached hydrogen (secondary N) is 1. The molecule has 0 amide bonds. The van der Waals surface area contributed by atoms with Gasteiger partial charge in [0.15, 0.2) is 0 Å².